The first-order chi connectivity index (χ1) is 9.66. The van der Waals surface area contributed by atoms with Gasteiger partial charge in [-0.3, -0.25) is 4.79 Å². The molecule has 1 aliphatic rings. The third kappa shape index (κ3) is 4.17. The normalized spacial score (nSPS) is 16.9. The summed E-state index contributed by atoms with van der Waals surface area (Å²) in [7, 11) is 1.78. The fraction of sp³-hybridized carbons (Fsp3) is 0.462. The van der Waals surface area contributed by atoms with Crippen LogP contribution in [-0.4, -0.2) is 37.2 Å². The van der Waals surface area contributed by atoms with E-state index >= 15 is 0 Å². The van der Waals surface area contributed by atoms with Gasteiger partial charge in [0, 0.05) is 19.5 Å². The highest BCUT2D eigenvalue weighted by Crippen LogP contribution is 2.09. The Bertz CT molecular complexity index is 422. The van der Waals surface area contributed by atoms with Crippen LogP contribution in [0.3, 0.4) is 0 Å². The molecule has 0 aromatic heterocycles. The zero-order valence-corrected chi connectivity index (χ0v) is 11.7. The lowest BCUT2D eigenvalue weighted by Gasteiger charge is -2.24. The standard InChI is InChI=1S/C13H21N5O2/c1-10(13-14-16-17-15-13)8-18(2)12(19)9-20-11-6-4-3-5-7-11/h3-7,10,13-17H,8-9H2,1-2H3. The van der Waals surface area contributed by atoms with Crippen molar-refractivity contribution in [2.45, 2.75) is 13.1 Å². The number of hydrogen-bond donors (Lipinski definition) is 4. The number of carbonyl (C=O) groups is 1. The first-order valence-corrected chi connectivity index (χ1v) is 6.59. The summed E-state index contributed by atoms with van der Waals surface area (Å²) in [6, 6.07) is 9.33. The molecule has 7 nitrogen and oxygen atoms in total. The maximum atomic E-state index is 12.0. The first-order valence-electron chi connectivity index (χ1n) is 6.59. The van der Waals surface area contributed by atoms with Crippen LogP contribution >= 0.6 is 0 Å². The van der Waals surface area contributed by atoms with Gasteiger partial charge in [0.15, 0.2) is 6.61 Å². The van der Waals surface area contributed by atoms with Gasteiger partial charge in [-0.05, 0) is 12.1 Å². The second kappa shape index (κ2) is 7.20. The molecule has 0 bridgehead atoms. The Labute approximate surface area is 118 Å². The molecule has 0 aliphatic carbocycles. The molecule has 0 saturated carbocycles. The van der Waals surface area contributed by atoms with Crippen molar-refractivity contribution in [3.63, 3.8) is 0 Å². The zero-order valence-electron chi connectivity index (χ0n) is 11.7. The van der Waals surface area contributed by atoms with E-state index in [0.717, 1.165) is 0 Å². The van der Waals surface area contributed by atoms with E-state index in [1.54, 1.807) is 11.9 Å². The van der Waals surface area contributed by atoms with Gasteiger partial charge in [0.2, 0.25) is 0 Å². The van der Waals surface area contributed by atoms with Crippen molar-refractivity contribution in [1.29, 1.82) is 0 Å². The monoisotopic (exact) mass is 279 g/mol. The van der Waals surface area contributed by atoms with E-state index in [1.807, 2.05) is 30.3 Å². The van der Waals surface area contributed by atoms with E-state index < -0.39 is 0 Å². The minimum absolute atomic E-state index is 0.0420. The number of amides is 1. The number of rotatable bonds is 6. The van der Waals surface area contributed by atoms with Crippen molar-refractivity contribution >= 4 is 5.91 Å². The Morgan fingerprint density at radius 3 is 2.60 bits per heavy atom. The molecule has 1 heterocycles. The molecule has 1 unspecified atom stereocenters. The smallest absolute Gasteiger partial charge is 0.260 e. The van der Waals surface area contributed by atoms with Crippen LogP contribution in [-0.2, 0) is 4.79 Å². The van der Waals surface area contributed by atoms with E-state index in [2.05, 4.69) is 28.8 Å². The Hall–Kier alpha value is -1.67. The second-order valence-electron chi connectivity index (χ2n) is 4.87. The largest absolute Gasteiger partial charge is 0.484 e. The number of hydrazine groups is 3. The second-order valence-corrected chi connectivity index (χ2v) is 4.87. The van der Waals surface area contributed by atoms with Crippen molar-refractivity contribution in [2.75, 3.05) is 20.2 Å². The van der Waals surface area contributed by atoms with E-state index in [1.165, 1.54) is 0 Å². The molecule has 0 spiro atoms. The van der Waals surface area contributed by atoms with E-state index in [0.29, 0.717) is 12.3 Å². The summed E-state index contributed by atoms with van der Waals surface area (Å²) in [4.78, 5) is 13.7. The molecule has 1 aliphatic heterocycles. The van der Waals surface area contributed by atoms with Crippen LogP contribution in [0.25, 0.3) is 0 Å². The lowest BCUT2D eigenvalue weighted by atomic mass is 10.1. The summed E-state index contributed by atoms with van der Waals surface area (Å²) in [5.41, 5.74) is 11.6. The van der Waals surface area contributed by atoms with Gasteiger partial charge in [-0.15, -0.1) is 0 Å². The van der Waals surface area contributed by atoms with Crippen LogP contribution in [0, 0.1) is 5.92 Å². The van der Waals surface area contributed by atoms with Gasteiger partial charge in [0.05, 0.1) is 6.17 Å². The van der Waals surface area contributed by atoms with Gasteiger partial charge in [-0.25, -0.2) is 10.9 Å². The summed E-state index contributed by atoms with van der Waals surface area (Å²) >= 11 is 0. The van der Waals surface area contributed by atoms with Gasteiger partial charge in [-0.2, -0.15) is 11.1 Å². The summed E-state index contributed by atoms with van der Waals surface area (Å²) in [5, 5.41) is 0. The maximum Gasteiger partial charge on any atom is 0.260 e. The van der Waals surface area contributed by atoms with Gasteiger partial charge >= 0.3 is 0 Å². The summed E-state index contributed by atoms with van der Waals surface area (Å²) < 4.78 is 5.45. The zero-order chi connectivity index (χ0) is 14.4. The Morgan fingerprint density at radius 1 is 1.30 bits per heavy atom. The van der Waals surface area contributed by atoms with Gasteiger partial charge in [-0.1, -0.05) is 25.1 Å². The molecular weight excluding hydrogens is 258 g/mol. The number of nitrogens with one attached hydrogen (secondary N) is 4. The Balaban J connectivity index is 1.74. The molecule has 1 fully saturated rings. The minimum atomic E-state index is -0.0420. The number of carbonyl (C=O) groups excluding carboxylic acids is 1. The Kier molecular flexibility index (Phi) is 5.31. The predicted molar refractivity (Wildman–Crippen MR) is 75.1 cm³/mol. The topological polar surface area (TPSA) is 77.7 Å². The highest BCUT2D eigenvalue weighted by atomic mass is 16.5. The van der Waals surface area contributed by atoms with Crippen molar-refractivity contribution in [3.05, 3.63) is 30.3 Å². The third-order valence-electron chi connectivity index (χ3n) is 3.18. The number of likely N-dealkylation sites (N-methyl/N-ethyl adjacent to an activating group) is 1. The molecular formula is C13H21N5O2. The summed E-state index contributed by atoms with van der Waals surface area (Å²) in [5.74, 6) is 0.901. The van der Waals surface area contributed by atoms with Crippen molar-refractivity contribution in [3.8, 4) is 5.75 Å². The molecule has 20 heavy (non-hydrogen) atoms. The molecule has 1 atom stereocenters. The fourth-order valence-corrected chi connectivity index (χ4v) is 1.96. The third-order valence-corrected chi connectivity index (χ3v) is 3.18. The van der Waals surface area contributed by atoms with E-state index in [9.17, 15) is 4.79 Å². The highest BCUT2D eigenvalue weighted by molar-refractivity contribution is 5.77. The molecule has 1 amide bonds. The maximum absolute atomic E-state index is 12.0. The number of para-hydroxylation sites is 1. The molecule has 4 N–H and O–H groups in total. The van der Waals surface area contributed by atoms with Crippen LogP contribution in [0.2, 0.25) is 0 Å². The minimum Gasteiger partial charge on any atom is -0.484 e. The molecule has 1 aromatic carbocycles. The molecule has 1 saturated heterocycles. The quantitative estimate of drug-likeness (QED) is 0.568. The number of ether oxygens (including phenoxy) is 1. The molecule has 2 rings (SSSR count). The molecule has 1 aromatic rings. The van der Waals surface area contributed by atoms with E-state index in [-0.39, 0.29) is 24.6 Å². The molecule has 110 valence electrons. The van der Waals surface area contributed by atoms with Gasteiger partial charge in [0.25, 0.3) is 5.91 Å². The molecule has 7 heteroatoms. The summed E-state index contributed by atoms with van der Waals surface area (Å²) in [6.45, 7) is 2.74. The van der Waals surface area contributed by atoms with Crippen LogP contribution in [0.15, 0.2) is 30.3 Å². The predicted octanol–water partition coefficient (Wildman–Crippen LogP) is -0.397. The fourth-order valence-electron chi connectivity index (χ4n) is 1.96. The van der Waals surface area contributed by atoms with Gasteiger partial charge in [0.1, 0.15) is 5.75 Å². The van der Waals surface area contributed by atoms with Crippen LogP contribution in [0.1, 0.15) is 6.92 Å². The van der Waals surface area contributed by atoms with Crippen molar-refractivity contribution in [1.82, 2.24) is 26.8 Å². The average Bonchev–Trinajstić information content (AvgIpc) is 3.00. The Morgan fingerprint density at radius 2 is 1.95 bits per heavy atom. The lowest BCUT2D eigenvalue weighted by molar-refractivity contribution is -0.132. The van der Waals surface area contributed by atoms with Crippen molar-refractivity contribution in [2.24, 2.45) is 5.92 Å². The van der Waals surface area contributed by atoms with Crippen LogP contribution < -0.4 is 26.7 Å². The van der Waals surface area contributed by atoms with E-state index in [4.69, 9.17) is 4.74 Å². The highest BCUT2D eigenvalue weighted by Gasteiger charge is 2.23. The van der Waals surface area contributed by atoms with Crippen LogP contribution in [0.5, 0.6) is 5.75 Å². The van der Waals surface area contributed by atoms with Crippen LogP contribution in [0.4, 0.5) is 0 Å². The lowest BCUT2D eigenvalue weighted by Crippen LogP contribution is -2.46. The van der Waals surface area contributed by atoms with Gasteiger partial charge < -0.3 is 9.64 Å². The first kappa shape index (κ1) is 14.7. The SMILES string of the molecule is CC(CN(C)C(=O)COc1ccccc1)C1NNNN1. The van der Waals surface area contributed by atoms with Crippen molar-refractivity contribution < 1.29 is 9.53 Å². The number of nitrogens with zero attached hydrogens (tertiary/aromatic N) is 1. The summed E-state index contributed by atoms with van der Waals surface area (Å²) in [6.07, 6.45) is 0.0697. The number of hydrogen-bond acceptors (Lipinski definition) is 6. The molecule has 0 radical (unpaired) electrons. The number of benzene rings is 1. The average molecular weight is 279 g/mol.